The van der Waals surface area contributed by atoms with Crippen molar-refractivity contribution in [3.63, 3.8) is 0 Å². The van der Waals surface area contributed by atoms with E-state index in [9.17, 15) is 9.59 Å². The van der Waals surface area contributed by atoms with Gasteiger partial charge in [-0.25, -0.2) is 4.79 Å². The minimum absolute atomic E-state index is 0.000185. The first-order chi connectivity index (χ1) is 9.08. The van der Waals surface area contributed by atoms with Crippen LogP contribution in [0.15, 0.2) is 22.7 Å². The van der Waals surface area contributed by atoms with Gasteiger partial charge in [-0.1, -0.05) is 6.42 Å². The molecule has 1 aliphatic rings. The molecule has 1 aromatic carbocycles. The van der Waals surface area contributed by atoms with Crippen molar-refractivity contribution >= 4 is 45.3 Å². The fourth-order valence-electron chi connectivity index (χ4n) is 1.91. The molecule has 0 aromatic heterocycles. The van der Waals surface area contributed by atoms with Gasteiger partial charge in [0.15, 0.2) is 0 Å². The number of hydrogen-bond donors (Lipinski definition) is 2. The minimum Gasteiger partial charge on any atom is -0.478 e. The second kappa shape index (κ2) is 6.43. The van der Waals surface area contributed by atoms with Crippen LogP contribution in [0.4, 0.5) is 5.69 Å². The lowest BCUT2D eigenvalue weighted by molar-refractivity contribution is -0.115. The first-order valence-corrected chi connectivity index (χ1v) is 7.87. The molecule has 2 rings (SSSR count). The van der Waals surface area contributed by atoms with E-state index in [0.717, 1.165) is 18.6 Å². The van der Waals surface area contributed by atoms with Crippen molar-refractivity contribution in [2.45, 2.75) is 24.5 Å². The third-order valence-corrected chi connectivity index (χ3v) is 4.98. The lowest BCUT2D eigenvalue weighted by Crippen LogP contribution is -2.27. The first kappa shape index (κ1) is 14.4. The standard InChI is InChI=1S/C13H14BrNO3S/c14-9-7-8(13(17)18)4-5-10(9)15-12(16)11-3-1-2-6-19-11/h4-5,7,11H,1-3,6H2,(H,15,16)(H,17,18). The molecule has 19 heavy (non-hydrogen) atoms. The Hall–Kier alpha value is -1.01. The number of rotatable bonds is 3. The average Bonchev–Trinajstić information content (AvgIpc) is 2.41. The van der Waals surface area contributed by atoms with Gasteiger partial charge in [-0.05, 0) is 52.7 Å². The highest BCUT2D eigenvalue weighted by atomic mass is 79.9. The molecule has 1 atom stereocenters. The lowest BCUT2D eigenvalue weighted by atomic mass is 10.1. The predicted molar refractivity (Wildman–Crippen MR) is 79.8 cm³/mol. The number of hydrogen-bond acceptors (Lipinski definition) is 3. The molecule has 6 heteroatoms. The predicted octanol–water partition coefficient (Wildman–Crippen LogP) is 3.37. The van der Waals surface area contributed by atoms with E-state index in [-0.39, 0.29) is 16.7 Å². The highest BCUT2D eigenvalue weighted by Crippen LogP contribution is 2.28. The number of carbonyl (C=O) groups excluding carboxylic acids is 1. The van der Waals surface area contributed by atoms with Gasteiger partial charge in [0.2, 0.25) is 5.91 Å². The van der Waals surface area contributed by atoms with Gasteiger partial charge in [0.05, 0.1) is 16.5 Å². The smallest absolute Gasteiger partial charge is 0.335 e. The van der Waals surface area contributed by atoms with Crippen LogP contribution < -0.4 is 5.32 Å². The van der Waals surface area contributed by atoms with Crippen LogP contribution in [0.25, 0.3) is 0 Å². The van der Waals surface area contributed by atoms with Crippen molar-refractivity contribution in [1.82, 2.24) is 0 Å². The summed E-state index contributed by atoms with van der Waals surface area (Å²) in [7, 11) is 0. The second-order valence-electron chi connectivity index (χ2n) is 4.34. The molecule has 0 aliphatic carbocycles. The zero-order valence-electron chi connectivity index (χ0n) is 10.2. The van der Waals surface area contributed by atoms with Crippen LogP contribution in [-0.2, 0) is 4.79 Å². The molecule has 0 spiro atoms. The third kappa shape index (κ3) is 3.73. The summed E-state index contributed by atoms with van der Waals surface area (Å²) >= 11 is 4.97. The number of carbonyl (C=O) groups is 2. The van der Waals surface area contributed by atoms with Crippen molar-refractivity contribution in [2.24, 2.45) is 0 Å². The van der Waals surface area contributed by atoms with Crippen LogP contribution >= 0.6 is 27.7 Å². The van der Waals surface area contributed by atoms with Crippen molar-refractivity contribution in [2.75, 3.05) is 11.1 Å². The Balaban J connectivity index is 2.06. The quantitative estimate of drug-likeness (QED) is 0.882. The van der Waals surface area contributed by atoms with Crippen LogP contribution in [0.5, 0.6) is 0 Å². The van der Waals surface area contributed by atoms with Crippen LogP contribution in [0.3, 0.4) is 0 Å². The molecule has 1 aliphatic heterocycles. The number of halogens is 1. The maximum absolute atomic E-state index is 12.1. The zero-order valence-corrected chi connectivity index (χ0v) is 12.6. The van der Waals surface area contributed by atoms with Crippen molar-refractivity contribution in [1.29, 1.82) is 0 Å². The van der Waals surface area contributed by atoms with E-state index in [4.69, 9.17) is 5.11 Å². The van der Waals surface area contributed by atoms with Gasteiger partial charge in [-0.3, -0.25) is 4.79 Å². The zero-order chi connectivity index (χ0) is 13.8. The molecule has 4 nitrogen and oxygen atoms in total. The van der Waals surface area contributed by atoms with E-state index >= 15 is 0 Å². The molecule has 1 amide bonds. The second-order valence-corrected chi connectivity index (χ2v) is 6.51. The molecule has 0 radical (unpaired) electrons. The van der Waals surface area contributed by atoms with E-state index in [0.29, 0.717) is 10.2 Å². The Kier molecular flexibility index (Phi) is 4.87. The average molecular weight is 344 g/mol. The Bertz CT molecular complexity index is 501. The number of nitrogens with one attached hydrogen (secondary N) is 1. The molecular formula is C13H14BrNO3S. The summed E-state index contributed by atoms with van der Waals surface area (Å²) < 4.78 is 0.585. The largest absolute Gasteiger partial charge is 0.478 e. The maximum Gasteiger partial charge on any atom is 0.335 e. The number of carboxylic acid groups (broad SMARTS) is 1. The maximum atomic E-state index is 12.1. The molecule has 2 N–H and O–H groups in total. The molecule has 1 fully saturated rings. The van der Waals surface area contributed by atoms with E-state index in [1.807, 2.05) is 0 Å². The number of aromatic carboxylic acids is 1. The number of anilines is 1. The van der Waals surface area contributed by atoms with Crippen molar-refractivity contribution in [3.05, 3.63) is 28.2 Å². The lowest BCUT2D eigenvalue weighted by Gasteiger charge is -2.20. The van der Waals surface area contributed by atoms with E-state index in [1.54, 1.807) is 17.8 Å². The third-order valence-electron chi connectivity index (χ3n) is 2.95. The van der Waals surface area contributed by atoms with Gasteiger partial charge in [-0.15, -0.1) is 11.8 Å². The molecule has 0 bridgehead atoms. The Morgan fingerprint density at radius 2 is 2.16 bits per heavy atom. The summed E-state index contributed by atoms with van der Waals surface area (Å²) in [5, 5.41) is 11.7. The number of carboxylic acids is 1. The monoisotopic (exact) mass is 343 g/mol. The number of thioether (sulfide) groups is 1. The Labute approximate surface area is 124 Å². The summed E-state index contributed by atoms with van der Waals surface area (Å²) in [6.07, 6.45) is 3.16. The normalized spacial score (nSPS) is 18.9. The summed E-state index contributed by atoms with van der Waals surface area (Å²) in [5.74, 6) is 0.0342. The van der Waals surface area contributed by atoms with E-state index in [2.05, 4.69) is 21.2 Å². The highest BCUT2D eigenvalue weighted by Gasteiger charge is 2.22. The number of benzene rings is 1. The molecule has 1 heterocycles. The summed E-state index contributed by atoms with van der Waals surface area (Å²) in [5.41, 5.74) is 0.804. The Morgan fingerprint density at radius 1 is 1.37 bits per heavy atom. The van der Waals surface area contributed by atoms with E-state index < -0.39 is 5.97 Å². The van der Waals surface area contributed by atoms with Gasteiger partial charge in [0.25, 0.3) is 0 Å². The SMILES string of the molecule is O=C(O)c1ccc(NC(=O)C2CCCCS2)c(Br)c1. The van der Waals surface area contributed by atoms with Gasteiger partial charge in [0, 0.05) is 4.47 Å². The molecule has 102 valence electrons. The summed E-state index contributed by atoms with van der Waals surface area (Å²) in [4.78, 5) is 22.9. The molecule has 0 saturated carbocycles. The van der Waals surface area contributed by atoms with Crippen molar-refractivity contribution in [3.8, 4) is 0 Å². The van der Waals surface area contributed by atoms with Gasteiger partial charge in [0.1, 0.15) is 0 Å². The molecule has 1 unspecified atom stereocenters. The van der Waals surface area contributed by atoms with Crippen LogP contribution in [0, 0.1) is 0 Å². The van der Waals surface area contributed by atoms with E-state index in [1.165, 1.54) is 18.6 Å². The first-order valence-electron chi connectivity index (χ1n) is 6.03. The molecule has 1 aromatic rings. The summed E-state index contributed by atoms with van der Waals surface area (Å²) in [6.45, 7) is 0. The molecule has 1 saturated heterocycles. The van der Waals surface area contributed by atoms with Crippen LogP contribution in [-0.4, -0.2) is 28.0 Å². The summed E-state index contributed by atoms with van der Waals surface area (Å²) in [6, 6.07) is 4.58. The van der Waals surface area contributed by atoms with Gasteiger partial charge >= 0.3 is 5.97 Å². The fourth-order valence-corrected chi connectivity index (χ4v) is 3.59. The minimum atomic E-state index is -0.985. The Morgan fingerprint density at radius 3 is 2.74 bits per heavy atom. The van der Waals surface area contributed by atoms with Gasteiger partial charge < -0.3 is 10.4 Å². The highest BCUT2D eigenvalue weighted by molar-refractivity contribution is 9.10. The topological polar surface area (TPSA) is 66.4 Å². The van der Waals surface area contributed by atoms with Crippen LogP contribution in [0.2, 0.25) is 0 Å². The van der Waals surface area contributed by atoms with Crippen LogP contribution in [0.1, 0.15) is 29.6 Å². The van der Waals surface area contributed by atoms with Gasteiger partial charge in [-0.2, -0.15) is 0 Å². The fraction of sp³-hybridized carbons (Fsp3) is 0.385. The number of amides is 1. The van der Waals surface area contributed by atoms with Crippen molar-refractivity contribution < 1.29 is 14.7 Å². The molecular weight excluding hydrogens is 330 g/mol.